The van der Waals surface area contributed by atoms with E-state index >= 15 is 0 Å². The molecule has 1 amide bonds. The first-order chi connectivity index (χ1) is 16.6. The van der Waals surface area contributed by atoms with Gasteiger partial charge in [-0.15, -0.1) is 0 Å². The molecule has 2 N–H and O–H groups in total. The lowest BCUT2D eigenvalue weighted by Crippen LogP contribution is -2.41. The Kier molecular flexibility index (Phi) is 6.27. The van der Waals surface area contributed by atoms with Gasteiger partial charge in [-0.25, -0.2) is 4.99 Å². The van der Waals surface area contributed by atoms with E-state index in [1.165, 1.54) is 31.1 Å². The van der Waals surface area contributed by atoms with Gasteiger partial charge in [-0.3, -0.25) is 9.69 Å². The number of hydrogen-bond donors (Lipinski definition) is 1. The molecule has 35 heavy (non-hydrogen) atoms. The third-order valence-electron chi connectivity index (χ3n) is 5.84. The quantitative estimate of drug-likeness (QED) is 0.540. The Morgan fingerprint density at radius 3 is 2.11 bits per heavy atom. The molecule has 0 bridgehead atoms. The lowest BCUT2D eigenvalue weighted by atomic mass is 9.81. The Bertz CT molecular complexity index is 1400. The van der Waals surface area contributed by atoms with E-state index < -0.39 is 15.8 Å². The molecule has 0 aliphatic carbocycles. The van der Waals surface area contributed by atoms with Crippen molar-refractivity contribution in [3.63, 3.8) is 0 Å². The minimum absolute atomic E-state index is 0.0808. The van der Waals surface area contributed by atoms with Gasteiger partial charge in [0.05, 0.1) is 7.11 Å². The zero-order valence-corrected chi connectivity index (χ0v) is 20.6. The Balaban J connectivity index is 1.82. The fourth-order valence-corrected chi connectivity index (χ4v) is 4.36. The van der Waals surface area contributed by atoms with Crippen molar-refractivity contribution in [3.05, 3.63) is 83.9 Å². The monoisotopic (exact) mass is 494 g/mol. The third kappa shape index (κ3) is 4.33. The summed E-state index contributed by atoms with van der Waals surface area (Å²) >= 11 is 0. The highest BCUT2D eigenvalue weighted by Crippen LogP contribution is 2.41. The number of ether oxygens (including phenoxy) is 1. The fraction of sp³-hybridized carbons (Fsp3) is 0.200. The maximum Gasteiger partial charge on any atom is 0.384 e. The van der Waals surface area contributed by atoms with Crippen LogP contribution in [-0.4, -0.2) is 57.7 Å². The first-order valence-corrected chi connectivity index (χ1v) is 12.1. The van der Waals surface area contributed by atoms with E-state index in [0.29, 0.717) is 16.9 Å². The number of methoxy groups -OCH3 is 1. The SMILES string of the molecule is COc1cccc(-c2cccc(C3(c4ccc(OS(=O)(=O)N(C)C)cc4)N=C(N)N(C)C3=O)c2)c1. The van der Waals surface area contributed by atoms with Gasteiger partial charge in [0.2, 0.25) is 0 Å². The highest BCUT2D eigenvalue weighted by Gasteiger charge is 2.49. The van der Waals surface area contributed by atoms with Crippen LogP contribution in [0.4, 0.5) is 0 Å². The number of amides is 1. The van der Waals surface area contributed by atoms with Gasteiger partial charge in [0.1, 0.15) is 11.5 Å². The van der Waals surface area contributed by atoms with Crippen LogP contribution in [0.5, 0.6) is 11.5 Å². The van der Waals surface area contributed by atoms with Gasteiger partial charge in [-0.05, 0) is 52.6 Å². The average molecular weight is 495 g/mol. The van der Waals surface area contributed by atoms with Gasteiger partial charge in [-0.2, -0.15) is 12.7 Å². The first kappa shape index (κ1) is 24.2. The standard InChI is InChI=1S/C25H26N4O5S/c1-28(2)35(31,32)34-21-13-11-19(12-14-21)25(23(30)29(3)24(26)27-25)20-9-5-7-17(15-20)18-8-6-10-22(16-18)33-4/h5-16H,1-4H3,(H2,26,27). The molecule has 4 rings (SSSR count). The topological polar surface area (TPSA) is 115 Å². The predicted molar refractivity (Wildman–Crippen MR) is 133 cm³/mol. The number of hydrogen-bond acceptors (Lipinski definition) is 7. The van der Waals surface area contributed by atoms with Gasteiger partial charge in [0, 0.05) is 21.1 Å². The van der Waals surface area contributed by atoms with E-state index in [2.05, 4.69) is 4.99 Å². The van der Waals surface area contributed by atoms with E-state index in [-0.39, 0.29) is 17.6 Å². The van der Waals surface area contributed by atoms with Crippen molar-refractivity contribution >= 4 is 22.2 Å². The highest BCUT2D eigenvalue weighted by molar-refractivity contribution is 7.84. The summed E-state index contributed by atoms with van der Waals surface area (Å²) in [5.41, 5.74) is 7.56. The molecule has 182 valence electrons. The Morgan fingerprint density at radius 1 is 0.914 bits per heavy atom. The smallest absolute Gasteiger partial charge is 0.384 e. The Labute approximate surface area is 204 Å². The molecule has 0 fully saturated rings. The molecule has 1 aliphatic heterocycles. The van der Waals surface area contributed by atoms with Gasteiger partial charge in [-0.1, -0.05) is 42.5 Å². The summed E-state index contributed by atoms with van der Waals surface area (Å²) in [7, 11) is 2.00. The zero-order valence-electron chi connectivity index (χ0n) is 19.8. The largest absolute Gasteiger partial charge is 0.497 e. The van der Waals surface area contributed by atoms with Gasteiger partial charge >= 0.3 is 10.3 Å². The molecule has 0 aromatic heterocycles. The number of guanidine groups is 1. The van der Waals surface area contributed by atoms with Crippen LogP contribution in [0.1, 0.15) is 11.1 Å². The van der Waals surface area contributed by atoms with Crippen LogP contribution in [0.2, 0.25) is 0 Å². The molecule has 9 nitrogen and oxygen atoms in total. The normalized spacial score (nSPS) is 18.0. The second-order valence-corrected chi connectivity index (χ2v) is 9.96. The molecule has 3 aromatic rings. The molecular weight excluding hydrogens is 468 g/mol. The molecule has 0 saturated carbocycles. The average Bonchev–Trinajstić information content (AvgIpc) is 3.09. The third-order valence-corrected chi connectivity index (χ3v) is 7.14. The van der Waals surface area contributed by atoms with Crippen molar-refractivity contribution in [3.8, 4) is 22.6 Å². The summed E-state index contributed by atoms with van der Waals surface area (Å²) < 4.78 is 35.6. The second-order valence-electron chi connectivity index (χ2n) is 8.21. The Morgan fingerprint density at radius 2 is 1.54 bits per heavy atom. The van der Waals surface area contributed by atoms with Crippen LogP contribution in [-0.2, 0) is 20.6 Å². The van der Waals surface area contributed by atoms with Gasteiger partial charge < -0.3 is 14.7 Å². The molecule has 1 heterocycles. The van der Waals surface area contributed by atoms with Crippen LogP contribution < -0.4 is 14.7 Å². The fourth-order valence-electron chi connectivity index (χ4n) is 3.86. The molecule has 3 aromatic carbocycles. The number of carbonyl (C=O) groups is 1. The van der Waals surface area contributed by atoms with E-state index in [1.807, 2.05) is 48.5 Å². The summed E-state index contributed by atoms with van der Waals surface area (Å²) in [4.78, 5) is 19.5. The lowest BCUT2D eigenvalue weighted by molar-refractivity contribution is -0.129. The van der Waals surface area contributed by atoms with E-state index in [4.69, 9.17) is 14.7 Å². The molecule has 1 atom stereocenters. The number of nitrogens with two attached hydrogens (primary N) is 1. The van der Waals surface area contributed by atoms with Crippen molar-refractivity contribution in [2.24, 2.45) is 10.7 Å². The minimum Gasteiger partial charge on any atom is -0.497 e. The summed E-state index contributed by atoms with van der Waals surface area (Å²) in [5.74, 6) is 0.577. The van der Waals surface area contributed by atoms with Crippen molar-refractivity contribution < 1.29 is 22.1 Å². The number of nitrogens with zero attached hydrogens (tertiary/aromatic N) is 3. The number of likely N-dealkylation sites (N-methyl/N-ethyl adjacent to an activating group) is 1. The van der Waals surface area contributed by atoms with Crippen LogP contribution in [0.15, 0.2) is 77.8 Å². The maximum atomic E-state index is 13.6. The van der Waals surface area contributed by atoms with Crippen molar-refractivity contribution in [2.45, 2.75) is 5.54 Å². The molecular formula is C25H26N4O5S. The summed E-state index contributed by atoms with van der Waals surface area (Å²) in [6.07, 6.45) is 0. The minimum atomic E-state index is -3.92. The molecule has 0 radical (unpaired) electrons. The van der Waals surface area contributed by atoms with Gasteiger partial charge in [0.25, 0.3) is 5.91 Å². The lowest BCUT2D eigenvalue weighted by Gasteiger charge is -2.27. The van der Waals surface area contributed by atoms with Crippen LogP contribution in [0.3, 0.4) is 0 Å². The number of rotatable bonds is 7. The molecule has 1 aliphatic rings. The zero-order chi connectivity index (χ0) is 25.4. The van der Waals surface area contributed by atoms with Crippen molar-refractivity contribution in [2.75, 3.05) is 28.3 Å². The Hall–Kier alpha value is -3.89. The van der Waals surface area contributed by atoms with Crippen LogP contribution in [0.25, 0.3) is 11.1 Å². The molecule has 1 unspecified atom stereocenters. The summed E-state index contributed by atoms with van der Waals surface area (Å²) in [6.45, 7) is 0. The predicted octanol–water partition coefficient (Wildman–Crippen LogP) is 2.58. The van der Waals surface area contributed by atoms with E-state index in [9.17, 15) is 13.2 Å². The van der Waals surface area contributed by atoms with E-state index in [0.717, 1.165) is 15.4 Å². The number of benzene rings is 3. The molecule has 0 spiro atoms. The van der Waals surface area contributed by atoms with E-state index in [1.54, 1.807) is 26.3 Å². The number of aliphatic imine (C=N–C) groups is 1. The molecule has 0 saturated heterocycles. The second kappa shape index (κ2) is 9.05. The summed E-state index contributed by atoms with van der Waals surface area (Å²) in [6, 6.07) is 21.3. The summed E-state index contributed by atoms with van der Waals surface area (Å²) in [5, 5.41) is 0. The first-order valence-electron chi connectivity index (χ1n) is 10.7. The maximum absolute atomic E-state index is 13.6. The van der Waals surface area contributed by atoms with Crippen molar-refractivity contribution in [1.29, 1.82) is 0 Å². The van der Waals surface area contributed by atoms with Gasteiger partial charge in [0.15, 0.2) is 11.5 Å². The van der Waals surface area contributed by atoms with Crippen LogP contribution in [0, 0.1) is 0 Å². The van der Waals surface area contributed by atoms with Crippen molar-refractivity contribution in [1.82, 2.24) is 9.21 Å². The van der Waals surface area contributed by atoms with Crippen LogP contribution >= 0.6 is 0 Å². The number of carbonyl (C=O) groups excluding carboxylic acids is 1. The highest BCUT2D eigenvalue weighted by atomic mass is 32.2. The molecule has 10 heteroatoms.